The van der Waals surface area contributed by atoms with Gasteiger partial charge in [-0.25, -0.2) is 13.1 Å². The number of nitrogens with one attached hydrogen (secondary N) is 1. The van der Waals surface area contributed by atoms with E-state index in [2.05, 4.69) is 20.3 Å². The molecule has 8 nitrogen and oxygen atoms in total. The van der Waals surface area contributed by atoms with Crippen LogP contribution in [0.3, 0.4) is 0 Å². The van der Waals surface area contributed by atoms with Crippen molar-refractivity contribution in [2.45, 2.75) is 23.4 Å². The number of aromatic amines is 1. The molecule has 3 heterocycles. The zero-order valence-electron chi connectivity index (χ0n) is 14.3. The molecule has 0 aliphatic heterocycles. The molecular formula is C18H15N5O3S. The Labute approximate surface area is 154 Å². The summed E-state index contributed by atoms with van der Waals surface area (Å²) in [6.07, 6.45) is 2.92. The lowest BCUT2D eigenvalue weighted by Gasteiger charge is -2.07. The Balaban J connectivity index is 1.76. The van der Waals surface area contributed by atoms with Gasteiger partial charge in [-0.15, -0.1) is 0 Å². The molecule has 0 atom stereocenters. The first-order chi connectivity index (χ1) is 12.9. The number of hydrogen-bond donors (Lipinski definition) is 1. The quantitative estimate of drug-likeness (QED) is 0.576. The lowest BCUT2D eigenvalue weighted by atomic mass is 10.2. The maximum Gasteiger partial charge on any atom is 0.274 e. The lowest BCUT2D eigenvalue weighted by molar-refractivity contribution is 0.592. The van der Waals surface area contributed by atoms with Crippen molar-refractivity contribution in [1.29, 1.82) is 0 Å². The highest BCUT2D eigenvalue weighted by molar-refractivity contribution is 7.91. The minimum Gasteiger partial charge on any atom is -0.284 e. The van der Waals surface area contributed by atoms with Crippen molar-refractivity contribution < 1.29 is 8.42 Å². The van der Waals surface area contributed by atoms with Gasteiger partial charge in [-0.3, -0.25) is 14.9 Å². The van der Waals surface area contributed by atoms with Crippen molar-refractivity contribution in [3.05, 3.63) is 76.6 Å². The fourth-order valence-corrected chi connectivity index (χ4v) is 3.99. The monoisotopic (exact) mass is 381 g/mol. The molecule has 9 heteroatoms. The smallest absolute Gasteiger partial charge is 0.274 e. The molecule has 0 aliphatic carbocycles. The topological polar surface area (TPSA) is 111 Å². The van der Waals surface area contributed by atoms with E-state index in [-0.39, 0.29) is 22.0 Å². The summed E-state index contributed by atoms with van der Waals surface area (Å²) in [6, 6.07) is 11.3. The van der Waals surface area contributed by atoms with Gasteiger partial charge in [-0.1, -0.05) is 6.07 Å². The van der Waals surface area contributed by atoms with Crippen molar-refractivity contribution in [2.24, 2.45) is 0 Å². The second-order valence-electron chi connectivity index (χ2n) is 6.04. The van der Waals surface area contributed by atoms with Gasteiger partial charge in [0.2, 0.25) is 9.84 Å². The Kier molecular flexibility index (Phi) is 4.08. The molecule has 3 aromatic heterocycles. The number of aryl methyl sites for hydroxylation is 1. The van der Waals surface area contributed by atoms with Crippen molar-refractivity contribution in [1.82, 2.24) is 25.0 Å². The number of aromatic nitrogens is 5. The van der Waals surface area contributed by atoms with Gasteiger partial charge in [-0.05, 0) is 43.3 Å². The Hall–Kier alpha value is -3.33. The minimum atomic E-state index is -3.75. The molecule has 27 heavy (non-hydrogen) atoms. The fraction of sp³-hybridized carbons (Fsp3) is 0.111. The molecule has 0 radical (unpaired) electrons. The molecular weight excluding hydrogens is 366 g/mol. The van der Waals surface area contributed by atoms with Gasteiger partial charge in [0.05, 0.1) is 28.7 Å². The average molecular weight is 381 g/mol. The van der Waals surface area contributed by atoms with E-state index in [1.54, 1.807) is 0 Å². The van der Waals surface area contributed by atoms with Crippen LogP contribution in [-0.2, 0) is 16.4 Å². The van der Waals surface area contributed by atoms with E-state index >= 15 is 0 Å². The van der Waals surface area contributed by atoms with Crippen LogP contribution in [0.1, 0.15) is 11.4 Å². The summed E-state index contributed by atoms with van der Waals surface area (Å²) >= 11 is 0. The summed E-state index contributed by atoms with van der Waals surface area (Å²) in [5.74, 6) is 0. The number of benzene rings is 1. The third kappa shape index (κ3) is 3.13. The zero-order valence-corrected chi connectivity index (χ0v) is 15.1. The standard InChI is InChI=1S/C18H15N5O3S/c1-12-3-2-4-14(21-12)11-23-18(24)16-6-5-15(9-13(16)10-20-23)27(25,26)17-7-8-19-22-17/h2-10H,11H2,1H3,(H,19,22). The molecule has 1 aromatic carbocycles. The number of nitrogens with zero attached hydrogens (tertiary/aromatic N) is 4. The van der Waals surface area contributed by atoms with E-state index in [4.69, 9.17) is 0 Å². The van der Waals surface area contributed by atoms with E-state index in [9.17, 15) is 13.2 Å². The van der Waals surface area contributed by atoms with Crippen LogP contribution in [-0.4, -0.2) is 33.4 Å². The maximum absolute atomic E-state index is 12.7. The highest BCUT2D eigenvalue weighted by Gasteiger charge is 2.20. The lowest BCUT2D eigenvalue weighted by Crippen LogP contribution is -2.23. The van der Waals surface area contributed by atoms with Gasteiger partial charge in [0.25, 0.3) is 5.56 Å². The second kappa shape index (κ2) is 6.44. The third-order valence-electron chi connectivity index (χ3n) is 4.14. The molecule has 0 spiro atoms. The van der Waals surface area contributed by atoms with Crippen LogP contribution in [0.5, 0.6) is 0 Å². The highest BCUT2D eigenvalue weighted by Crippen LogP contribution is 2.21. The zero-order chi connectivity index (χ0) is 19.0. The molecule has 0 amide bonds. The van der Waals surface area contributed by atoms with Crippen molar-refractivity contribution in [3.8, 4) is 0 Å². The second-order valence-corrected chi connectivity index (χ2v) is 7.94. The summed E-state index contributed by atoms with van der Waals surface area (Å²) < 4.78 is 26.4. The summed E-state index contributed by atoms with van der Waals surface area (Å²) in [5.41, 5.74) is 1.27. The minimum absolute atomic E-state index is 0.0569. The summed E-state index contributed by atoms with van der Waals surface area (Å²) in [7, 11) is -3.75. The first-order valence-electron chi connectivity index (χ1n) is 8.12. The van der Waals surface area contributed by atoms with Crippen LogP contribution in [0.15, 0.2) is 69.6 Å². The molecule has 4 aromatic rings. The van der Waals surface area contributed by atoms with E-state index in [0.29, 0.717) is 10.8 Å². The van der Waals surface area contributed by atoms with Crippen LogP contribution in [0, 0.1) is 6.92 Å². The number of rotatable bonds is 4. The number of fused-ring (bicyclic) bond motifs is 1. The Morgan fingerprint density at radius 1 is 1.15 bits per heavy atom. The SMILES string of the molecule is Cc1cccc(Cn2ncc3cc(S(=O)(=O)c4cc[nH]n4)ccc3c2=O)n1. The van der Waals surface area contributed by atoms with Crippen LogP contribution < -0.4 is 5.56 Å². The Morgan fingerprint density at radius 3 is 2.74 bits per heavy atom. The molecule has 0 aliphatic rings. The van der Waals surface area contributed by atoms with Crippen LogP contribution in [0.4, 0.5) is 0 Å². The molecule has 1 N–H and O–H groups in total. The summed E-state index contributed by atoms with van der Waals surface area (Å²) in [5, 5.41) is 11.1. The summed E-state index contributed by atoms with van der Waals surface area (Å²) in [6.45, 7) is 2.12. The number of H-pyrrole nitrogens is 1. The van der Waals surface area contributed by atoms with Crippen molar-refractivity contribution in [3.63, 3.8) is 0 Å². The average Bonchev–Trinajstić information content (AvgIpc) is 3.19. The molecule has 0 saturated heterocycles. The maximum atomic E-state index is 12.7. The van der Waals surface area contributed by atoms with E-state index in [1.165, 1.54) is 41.3 Å². The van der Waals surface area contributed by atoms with Gasteiger partial charge < -0.3 is 0 Å². The number of sulfone groups is 1. The third-order valence-corrected chi connectivity index (χ3v) is 5.80. The van der Waals surface area contributed by atoms with Gasteiger partial charge in [-0.2, -0.15) is 10.2 Å². The van der Waals surface area contributed by atoms with E-state index in [0.717, 1.165) is 11.4 Å². The molecule has 0 fully saturated rings. The highest BCUT2D eigenvalue weighted by atomic mass is 32.2. The molecule has 0 unspecified atom stereocenters. The van der Waals surface area contributed by atoms with E-state index < -0.39 is 9.84 Å². The summed E-state index contributed by atoms with van der Waals surface area (Å²) in [4.78, 5) is 17.1. The Morgan fingerprint density at radius 2 is 2.00 bits per heavy atom. The van der Waals surface area contributed by atoms with E-state index in [1.807, 2.05) is 25.1 Å². The number of pyridine rings is 1. The van der Waals surface area contributed by atoms with Crippen LogP contribution >= 0.6 is 0 Å². The van der Waals surface area contributed by atoms with Crippen molar-refractivity contribution in [2.75, 3.05) is 0 Å². The normalized spacial score (nSPS) is 11.7. The molecule has 0 bridgehead atoms. The molecule has 4 rings (SSSR count). The first-order valence-corrected chi connectivity index (χ1v) is 9.61. The molecule has 136 valence electrons. The fourth-order valence-electron chi connectivity index (χ4n) is 2.80. The van der Waals surface area contributed by atoms with Crippen molar-refractivity contribution >= 4 is 20.6 Å². The van der Waals surface area contributed by atoms with Gasteiger partial charge in [0.1, 0.15) is 0 Å². The Bertz CT molecular complexity index is 1290. The predicted molar refractivity (Wildman–Crippen MR) is 98.1 cm³/mol. The van der Waals surface area contributed by atoms with Gasteiger partial charge in [0, 0.05) is 17.3 Å². The predicted octanol–water partition coefficient (Wildman–Crippen LogP) is 1.70. The van der Waals surface area contributed by atoms with Crippen LogP contribution in [0.2, 0.25) is 0 Å². The molecule has 0 saturated carbocycles. The number of hydrogen-bond acceptors (Lipinski definition) is 6. The van der Waals surface area contributed by atoms with Gasteiger partial charge >= 0.3 is 0 Å². The largest absolute Gasteiger partial charge is 0.284 e. The first kappa shape index (κ1) is 17.1. The van der Waals surface area contributed by atoms with Gasteiger partial charge in [0.15, 0.2) is 5.03 Å². The van der Waals surface area contributed by atoms with Crippen LogP contribution in [0.25, 0.3) is 10.8 Å².